The molecule has 168 valence electrons. The lowest BCUT2D eigenvalue weighted by Gasteiger charge is -2.19. The van der Waals surface area contributed by atoms with Crippen LogP contribution in [0.15, 0.2) is 47.4 Å². The van der Waals surface area contributed by atoms with E-state index in [1.165, 1.54) is 19.1 Å². The zero-order chi connectivity index (χ0) is 22.8. The van der Waals surface area contributed by atoms with Crippen LogP contribution in [0.3, 0.4) is 0 Å². The van der Waals surface area contributed by atoms with Gasteiger partial charge in [0, 0.05) is 5.69 Å². The number of anilines is 2. The summed E-state index contributed by atoms with van der Waals surface area (Å²) in [7, 11) is -8.04. The van der Waals surface area contributed by atoms with Gasteiger partial charge in [-0.1, -0.05) is 6.92 Å². The van der Waals surface area contributed by atoms with Crippen LogP contribution in [0.25, 0.3) is 0 Å². The van der Waals surface area contributed by atoms with Gasteiger partial charge in [-0.2, -0.15) is 0 Å². The van der Waals surface area contributed by atoms with Gasteiger partial charge in [0.15, 0.2) is 0 Å². The first-order valence-corrected chi connectivity index (χ1v) is 12.8. The maximum atomic E-state index is 13.1. The number of carbonyl (C=O) groups is 1. The van der Waals surface area contributed by atoms with Crippen LogP contribution in [-0.2, 0) is 24.8 Å². The number of rotatable bonds is 8. The Balaban J connectivity index is 2.01. The first kappa shape index (κ1) is 22.9. The normalized spacial score (nSPS) is 18.1. The lowest BCUT2D eigenvalue weighted by molar-refractivity contribution is -0.119. The highest BCUT2D eigenvalue weighted by atomic mass is 32.2. The lowest BCUT2D eigenvalue weighted by Crippen LogP contribution is -2.30. The third-order valence-electron chi connectivity index (χ3n) is 4.53. The predicted octanol–water partition coefficient (Wildman–Crippen LogP) is 2.60. The number of carbonyl (C=O) groups excluding carboxylic acids is 1. The van der Waals surface area contributed by atoms with E-state index in [2.05, 4.69) is 4.72 Å². The van der Waals surface area contributed by atoms with Crippen LogP contribution in [0.4, 0.5) is 11.4 Å². The number of nitrogens with zero attached hydrogens (tertiary/aromatic N) is 1. The Bertz CT molecular complexity index is 1180. The van der Waals surface area contributed by atoms with Gasteiger partial charge in [0.2, 0.25) is 15.9 Å². The highest BCUT2D eigenvalue weighted by Gasteiger charge is 2.42. The second kappa shape index (κ2) is 8.75. The van der Waals surface area contributed by atoms with Crippen molar-refractivity contribution in [2.45, 2.75) is 25.7 Å². The lowest BCUT2D eigenvalue weighted by atomic mass is 10.2. The zero-order valence-electron chi connectivity index (χ0n) is 17.4. The highest BCUT2D eigenvalue weighted by molar-refractivity contribution is 7.94. The minimum Gasteiger partial charge on any atom is -0.494 e. The van der Waals surface area contributed by atoms with Gasteiger partial charge < -0.3 is 9.47 Å². The van der Waals surface area contributed by atoms with Crippen LogP contribution in [-0.4, -0.2) is 41.7 Å². The van der Waals surface area contributed by atoms with Gasteiger partial charge >= 0.3 is 0 Å². The Morgan fingerprint density at radius 1 is 1.06 bits per heavy atom. The summed E-state index contributed by atoms with van der Waals surface area (Å²) < 4.78 is 65.0. The minimum atomic E-state index is -4.16. The molecule has 3 rings (SSSR count). The minimum absolute atomic E-state index is 0.0433. The SMILES string of the molecule is CCOc1ccc(NS(=O)(=O)c2cc(N3C(=O)C(C)CS3(=O)=O)ccc2OCC)cc1. The Morgan fingerprint density at radius 2 is 1.71 bits per heavy atom. The average molecular weight is 469 g/mol. The molecular formula is C20H24N2O7S2. The van der Waals surface area contributed by atoms with Gasteiger partial charge in [0.05, 0.1) is 30.6 Å². The molecular weight excluding hydrogens is 444 g/mol. The molecule has 1 aliphatic rings. The molecule has 11 heteroatoms. The molecule has 2 aromatic rings. The second-order valence-corrected chi connectivity index (χ2v) is 10.4. The Kier molecular flexibility index (Phi) is 6.46. The molecule has 1 heterocycles. The van der Waals surface area contributed by atoms with E-state index in [4.69, 9.17) is 9.47 Å². The fourth-order valence-corrected chi connectivity index (χ4v) is 6.23. The van der Waals surface area contributed by atoms with E-state index in [-0.39, 0.29) is 34.4 Å². The number of hydrogen-bond acceptors (Lipinski definition) is 7. The van der Waals surface area contributed by atoms with Crippen molar-refractivity contribution >= 4 is 37.3 Å². The summed E-state index contributed by atoms with van der Waals surface area (Å²) >= 11 is 0. The fraction of sp³-hybridized carbons (Fsp3) is 0.350. The third kappa shape index (κ3) is 4.77. The van der Waals surface area contributed by atoms with Gasteiger partial charge in [-0.05, 0) is 56.3 Å². The molecule has 1 atom stereocenters. The molecule has 0 bridgehead atoms. The third-order valence-corrected chi connectivity index (χ3v) is 7.80. The molecule has 2 aromatic carbocycles. The van der Waals surface area contributed by atoms with Crippen molar-refractivity contribution in [3.63, 3.8) is 0 Å². The first-order chi connectivity index (χ1) is 14.6. The zero-order valence-corrected chi connectivity index (χ0v) is 19.0. The van der Waals surface area contributed by atoms with E-state index < -0.39 is 31.9 Å². The molecule has 31 heavy (non-hydrogen) atoms. The van der Waals surface area contributed by atoms with E-state index in [0.717, 1.165) is 6.07 Å². The van der Waals surface area contributed by atoms with Gasteiger partial charge in [0.25, 0.3) is 10.0 Å². The average Bonchev–Trinajstić information content (AvgIpc) is 2.90. The molecule has 0 aliphatic carbocycles. The van der Waals surface area contributed by atoms with Crippen LogP contribution in [0, 0.1) is 5.92 Å². The molecule has 0 spiro atoms. The van der Waals surface area contributed by atoms with Crippen molar-refractivity contribution < 1.29 is 31.1 Å². The van der Waals surface area contributed by atoms with Crippen molar-refractivity contribution in [3.05, 3.63) is 42.5 Å². The van der Waals surface area contributed by atoms with Gasteiger partial charge in [-0.3, -0.25) is 9.52 Å². The molecule has 9 nitrogen and oxygen atoms in total. The van der Waals surface area contributed by atoms with Crippen LogP contribution in [0.5, 0.6) is 11.5 Å². The predicted molar refractivity (Wildman–Crippen MR) is 116 cm³/mol. The first-order valence-electron chi connectivity index (χ1n) is 9.68. The van der Waals surface area contributed by atoms with Crippen molar-refractivity contribution in [1.29, 1.82) is 0 Å². The van der Waals surface area contributed by atoms with Crippen LogP contribution in [0.1, 0.15) is 20.8 Å². The summed E-state index contributed by atoms with van der Waals surface area (Å²) in [5, 5.41) is 0. The summed E-state index contributed by atoms with van der Waals surface area (Å²) in [4.78, 5) is 12.1. The summed E-state index contributed by atoms with van der Waals surface area (Å²) in [6.45, 7) is 5.72. The van der Waals surface area contributed by atoms with Gasteiger partial charge in [-0.15, -0.1) is 0 Å². The van der Waals surface area contributed by atoms with E-state index in [0.29, 0.717) is 16.7 Å². The summed E-state index contributed by atoms with van der Waals surface area (Å²) in [6, 6.07) is 10.2. The van der Waals surface area contributed by atoms with Gasteiger partial charge in [0.1, 0.15) is 16.4 Å². The number of ether oxygens (including phenoxy) is 2. The smallest absolute Gasteiger partial charge is 0.265 e. The van der Waals surface area contributed by atoms with Crippen molar-refractivity contribution in [2.75, 3.05) is 28.0 Å². The molecule has 1 amide bonds. The standard InChI is InChI=1S/C20H24N2O7S2/c1-4-28-17-9-6-15(7-10-17)21-31(26,27)19-12-16(8-11-18(19)29-5-2)22-20(23)14(3)13-30(22,24)25/h6-12,14,21H,4-5,13H2,1-3H3. The molecule has 1 aliphatic heterocycles. The topological polar surface area (TPSA) is 119 Å². The molecule has 1 fully saturated rings. The van der Waals surface area contributed by atoms with E-state index in [1.807, 2.05) is 6.92 Å². The molecule has 0 aromatic heterocycles. The number of nitrogens with one attached hydrogen (secondary N) is 1. The quantitative estimate of drug-likeness (QED) is 0.632. The van der Waals surface area contributed by atoms with Crippen LogP contribution < -0.4 is 18.5 Å². The Labute approximate surface area is 182 Å². The van der Waals surface area contributed by atoms with Crippen molar-refractivity contribution in [2.24, 2.45) is 5.92 Å². The fourth-order valence-electron chi connectivity index (χ4n) is 3.19. The number of hydrogen-bond donors (Lipinski definition) is 1. The summed E-state index contributed by atoms with van der Waals surface area (Å²) in [5.74, 6) is -1.01. The highest BCUT2D eigenvalue weighted by Crippen LogP contribution is 2.35. The second-order valence-electron chi connectivity index (χ2n) is 6.91. The maximum Gasteiger partial charge on any atom is 0.265 e. The molecule has 1 N–H and O–H groups in total. The van der Waals surface area contributed by atoms with Crippen molar-refractivity contribution in [1.82, 2.24) is 0 Å². The van der Waals surface area contributed by atoms with E-state index in [1.54, 1.807) is 31.2 Å². The Morgan fingerprint density at radius 3 is 2.26 bits per heavy atom. The van der Waals surface area contributed by atoms with Crippen LogP contribution >= 0.6 is 0 Å². The summed E-state index contributed by atoms with van der Waals surface area (Å²) in [6.07, 6.45) is 0. The molecule has 1 saturated heterocycles. The number of amides is 1. The van der Waals surface area contributed by atoms with E-state index in [9.17, 15) is 21.6 Å². The molecule has 0 radical (unpaired) electrons. The van der Waals surface area contributed by atoms with Crippen LogP contribution in [0.2, 0.25) is 0 Å². The number of benzene rings is 2. The molecule has 1 unspecified atom stereocenters. The van der Waals surface area contributed by atoms with Crippen molar-refractivity contribution in [3.8, 4) is 11.5 Å². The monoisotopic (exact) mass is 468 g/mol. The largest absolute Gasteiger partial charge is 0.494 e. The Hall–Kier alpha value is -2.79. The number of sulfonamides is 2. The van der Waals surface area contributed by atoms with Gasteiger partial charge in [-0.25, -0.2) is 21.1 Å². The summed E-state index contributed by atoms with van der Waals surface area (Å²) in [5.41, 5.74) is 0.236. The van der Waals surface area contributed by atoms with E-state index >= 15 is 0 Å². The maximum absolute atomic E-state index is 13.1. The molecule has 0 saturated carbocycles.